The van der Waals surface area contributed by atoms with Crippen molar-refractivity contribution in [2.24, 2.45) is 5.92 Å². The molecule has 3 fully saturated rings. The van der Waals surface area contributed by atoms with Gasteiger partial charge in [-0.05, 0) is 63.0 Å². The zero-order valence-electron chi connectivity index (χ0n) is 14.5. The number of ether oxygens (including phenoxy) is 1. The van der Waals surface area contributed by atoms with Gasteiger partial charge in [-0.2, -0.15) is 11.8 Å². The Balaban J connectivity index is 1.48. The monoisotopic (exact) mass is 379 g/mol. The lowest BCUT2D eigenvalue weighted by Gasteiger charge is -2.40. The summed E-state index contributed by atoms with van der Waals surface area (Å²) in [4.78, 5) is 0. The van der Waals surface area contributed by atoms with Crippen molar-refractivity contribution in [3.05, 3.63) is 0 Å². The number of piperidine rings is 1. The number of rotatable bonds is 5. The predicted octanol–water partition coefficient (Wildman–Crippen LogP) is 2.92. The molecule has 4 atom stereocenters. The molecule has 0 aromatic heterocycles. The molecule has 1 aliphatic carbocycles. The van der Waals surface area contributed by atoms with Crippen LogP contribution < -0.4 is 5.32 Å². The van der Waals surface area contributed by atoms with Crippen LogP contribution in [-0.4, -0.2) is 56.0 Å². The highest BCUT2D eigenvalue weighted by Crippen LogP contribution is 2.34. The standard InChI is InChI=1S/C17H30FNO3S2/c1-24(20,21)14-6-4-12(5-7-14)16-9-8-15(18)17(19-16)22-11-13-3-2-10-23-13/h12-17,19H,2-11H2,1H3. The van der Waals surface area contributed by atoms with Crippen LogP contribution in [0.5, 0.6) is 0 Å². The van der Waals surface area contributed by atoms with Crippen molar-refractivity contribution >= 4 is 21.6 Å². The zero-order chi connectivity index (χ0) is 17.2. The van der Waals surface area contributed by atoms with E-state index in [-0.39, 0.29) is 11.3 Å². The van der Waals surface area contributed by atoms with Gasteiger partial charge in [0.1, 0.15) is 22.2 Å². The number of nitrogens with one attached hydrogen (secondary N) is 1. The highest BCUT2D eigenvalue weighted by atomic mass is 32.2. The van der Waals surface area contributed by atoms with Crippen molar-refractivity contribution in [1.29, 1.82) is 0 Å². The lowest BCUT2D eigenvalue weighted by atomic mass is 9.80. The largest absolute Gasteiger partial charge is 0.359 e. The highest BCUT2D eigenvalue weighted by Gasteiger charge is 2.37. The van der Waals surface area contributed by atoms with E-state index in [4.69, 9.17) is 4.74 Å². The second kappa shape index (κ2) is 8.23. The molecule has 2 aliphatic heterocycles. The first kappa shape index (κ1) is 18.9. The second-order valence-electron chi connectivity index (χ2n) is 7.62. The molecule has 0 amide bonds. The van der Waals surface area contributed by atoms with E-state index in [0.717, 1.165) is 32.1 Å². The maximum atomic E-state index is 14.2. The minimum absolute atomic E-state index is 0.183. The van der Waals surface area contributed by atoms with Crippen molar-refractivity contribution in [3.8, 4) is 0 Å². The van der Waals surface area contributed by atoms with Crippen molar-refractivity contribution in [3.63, 3.8) is 0 Å². The topological polar surface area (TPSA) is 55.4 Å². The number of halogens is 1. The van der Waals surface area contributed by atoms with Gasteiger partial charge in [-0.3, -0.25) is 5.32 Å². The highest BCUT2D eigenvalue weighted by molar-refractivity contribution is 8.00. The Morgan fingerprint density at radius 2 is 1.88 bits per heavy atom. The Morgan fingerprint density at radius 1 is 1.12 bits per heavy atom. The van der Waals surface area contributed by atoms with Gasteiger partial charge in [-0.15, -0.1) is 0 Å². The number of sulfone groups is 1. The molecule has 4 nitrogen and oxygen atoms in total. The van der Waals surface area contributed by atoms with Gasteiger partial charge in [-0.1, -0.05) is 0 Å². The first-order valence-corrected chi connectivity index (χ1v) is 12.3. The van der Waals surface area contributed by atoms with E-state index in [1.54, 1.807) is 0 Å². The first-order chi connectivity index (χ1) is 11.4. The van der Waals surface area contributed by atoms with Crippen molar-refractivity contribution < 1.29 is 17.5 Å². The van der Waals surface area contributed by atoms with Gasteiger partial charge >= 0.3 is 0 Å². The van der Waals surface area contributed by atoms with Crippen LogP contribution in [0, 0.1) is 5.92 Å². The average Bonchev–Trinajstić information content (AvgIpc) is 3.07. The summed E-state index contributed by atoms with van der Waals surface area (Å²) >= 11 is 1.93. The summed E-state index contributed by atoms with van der Waals surface area (Å²) in [6.07, 6.45) is 7.02. The average molecular weight is 380 g/mol. The van der Waals surface area contributed by atoms with E-state index in [9.17, 15) is 12.8 Å². The van der Waals surface area contributed by atoms with E-state index in [1.165, 1.54) is 24.9 Å². The van der Waals surface area contributed by atoms with Crippen LogP contribution in [0.1, 0.15) is 51.4 Å². The van der Waals surface area contributed by atoms with E-state index in [0.29, 0.717) is 24.2 Å². The minimum atomic E-state index is -2.93. The molecule has 1 saturated carbocycles. The van der Waals surface area contributed by atoms with Gasteiger partial charge in [0.05, 0.1) is 11.9 Å². The van der Waals surface area contributed by atoms with Gasteiger partial charge in [0.25, 0.3) is 0 Å². The van der Waals surface area contributed by atoms with Gasteiger partial charge in [0.15, 0.2) is 0 Å². The summed E-state index contributed by atoms with van der Waals surface area (Å²) < 4.78 is 43.5. The molecule has 2 heterocycles. The lowest BCUT2D eigenvalue weighted by Crippen LogP contribution is -2.54. The SMILES string of the molecule is CS(=O)(=O)C1CCC(C2CCC(F)C(OCC3CCCS3)N2)CC1. The third-order valence-corrected chi connectivity index (χ3v) is 8.89. The summed E-state index contributed by atoms with van der Waals surface area (Å²) in [5, 5.41) is 3.73. The summed E-state index contributed by atoms with van der Waals surface area (Å²) in [7, 11) is -2.93. The van der Waals surface area contributed by atoms with Crippen LogP contribution in [0.3, 0.4) is 0 Å². The van der Waals surface area contributed by atoms with E-state index in [1.807, 2.05) is 11.8 Å². The summed E-state index contributed by atoms with van der Waals surface area (Å²) in [5.41, 5.74) is 0. The Hall–Kier alpha value is 0.150. The van der Waals surface area contributed by atoms with E-state index >= 15 is 0 Å². The molecule has 0 bridgehead atoms. The quantitative estimate of drug-likeness (QED) is 0.796. The summed E-state index contributed by atoms with van der Waals surface area (Å²) in [6, 6.07) is 0.263. The number of hydrogen-bond acceptors (Lipinski definition) is 5. The Labute approximate surface area is 149 Å². The molecule has 0 aromatic carbocycles. The van der Waals surface area contributed by atoms with Crippen LogP contribution >= 0.6 is 11.8 Å². The van der Waals surface area contributed by atoms with Crippen molar-refractivity contribution in [2.75, 3.05) is 18.6 Å². The van der Waals surface area contributed by atoms with E-state index < -0.39 is 22.2 Å². The molecule has 7 heteroatoms. The van der Waals surface area contributed by atoms with Gasteiger partial charge in [0.2, 0.25) is 0 Å². The van der Waals surface area contributed by atoms with E-state index in [2.05, 4.69) is 5.32 Å². The first-order valence-electron chi connectivity index (χ1n) is 9.25. The van der Waals surface area contributed by atoms with Gasteiger partial charge < -0.3 is 4.74 Å². The zero-order valence-corrected chi connectivity index (χ0v) is 16.1. The molecule has 24 heavy (non-hydrogen) atoms. The molecule has 3 rings (SSSR count). The molecule has 3 aliphatic rings. The third kappa shape index (κ3) is 4.86. The number of hydrogen-bond donors (Lipinski definition) is 1. The van der Waals surface area contributed by atoms with Gasteiger partial charge in [0, 0.05) is 17.5 Å². The summed E-state index contributed by atoms with van der Waals surface area (Å²) in [6.45, 7) is 0.635. The van der Waals surface area contributed by atoms with Crippen LogP contribution in [-0.2, 0) is 14.6 Å². The Bertz CT molecular complexity index is 502. The van der Waals surface area contributed by atoms with Crippen LogP contribution in [0.2, 0.25) is 0 Å². The van der Waals surface area contributed by atoms with Crippen LogP contribution in [0.4, 0.5) is 4.39 Å². The van der Waals surface area contributed by atoms with Crippen LogP contribution in [0.25, 0.3) is 0 Å². The molecule has 140 valence electrons. The molecule has 1 N–H and O–H groups in total. The molecule has 0 radical (unpaired) electrons. The Kier molecular flexibility index (Phi) is 6.49. The fourth-order valence-electron chi connectivity index (χ4n) is 4.32. The van der Waals surface area contributed by atoms with Gasteiger partial charge in [-0.25, -0.2) is 12.8 Å². The lowest BCUT2D eigenvalue weighted by molar-refractivity contribution is -0.0579. The fourth-order valence-corrected chi connectivity index (χ4v) is 6.62. The molecule has 0 aromatic rings. The summed E-state index contributed by atoms with van der Waals surface area (Å²) in [5.74, 6) is 1.64. The number of alkyl halides is 1. The number of thioether (sulfide) groups is 1. The molecule has 0 spiro atoms. The van der Waals surface area contributed by atoms with Crippen molar-refractivity contribution in [2.45, 2.75) is 80.3 Å². The smallest absolute Gasteiger partial charge is 0.150 e. The Morgan fingerprint density at radius 3 is 2.50 bits per heavy atom. The normalized spacial score (nSPS) is 41.4. The minimum Gasteiger partial charge on any atom is -0.359 e. The molecular formula is C17H30FNO3S2. The molecular weight excluding hydrogens is 349 g/mol. The fraction of sp³-hybridized carbons (Fsp3) is 1.00. The molecule has 2 saturated heterocycles. The second-order valence-corrected chi connectivity index (χ2v) is 11.4. The third-order valence-electron chi connectivity index (χ3n) is 5.84. The predicted molar refractivity (Wildman–Crippen MR) is 96.9 cm³/mol. The van der Waals surface area contributed by atoms with Crippen LogP contribution in [0.15, 0.2) is 0 Å². The maximum absolute atomic E-state index is 14.2. The molecule has 4 unspecified atom stereocenters. The maximum Gasteiger partial charge on any atom is 0.150 e. The van der Waals surface area contributed by atoms with Crippen molar-refractivity contribution in [1.82, 2.24) is 5.32 Å².